The predicted molar refractivity (Wildman–Crippen MR) is 117 cm³/mol. The van der Waals surface area contributed by atoms with Crippen molar-refractivity contribution in [2.45, 2.75) is 112 Å². The van der Waals surface area contributed by atoms with Crippen LogP contribution >= 0.6 is 11.3 Å². The number of hydrogen-bond acceptors (Lipinski definition) is 1. The number of hydrogen-bond donors (Lipinski definition) is 0. The van der Waals surface area contributed by atoms with Crippen molar-refractivity contribution in [2.75, 3.05) is 0 Å². The summed E-state index contributed by atoms with van der Waals surface area (Å²) in [7, 11) is 0. The SMILES string of the molecule is CCCCCCc1ccs[c]1[Sn]([CH2]CCC)([CH2]CCC)[CH2]CCC. The number of unbranched alkanes of at least 4 members (excludes halogenated alkanes) is 6. The van der Waals surface area contributed by atoms with E-state index in [4.69, 9.17) is 0 Å². The molecule has 0 aliphatic rings. The molecular formula is C22H42SSn. The second-order valence-corrected chi connectivity index (χ2v) is 22.6. The van der Waals surface area contributed by atoms with Gasteiger partial charge in [-0.05, 0) is 0 Å². The van der Waals surface area contributed by atoms with E-state index < -0.39 is 18.4 Å². The van der Waals surface area contributed by atoms with Crippen LogP contribution in [0, 0.1) is 0 Å². The molecule has 0 atom stereocenters. The summed E-state index contributed by atoms with van der Waals surface area (Å²) in [5.74, 6) is 0. The molecule has 0 unspecified atom stereocenters. The molecule has 0 N–H and O–H groups in total. The molecule has 140 valence electrons. The Kier molecular flexibility index (Phi) is 12.8. The normalized spacial score (nSPS) is 12.0. The van der Waals surface area contributed by atoms with Crippen molar-refractivity contribution in [1.82, 2.24) is 0 Å². The van der Waals surface area contributed by atoms with Gasteiger partial charge in [-0.1, -0.05) is 0 Å². The average molecular weight is 457 g/mol. The number of thiophene rings is 1. The van der Waals surface area contributed by atoms with Crippen LogP contribution in [0.5, 0.6) is 0 Å². The van der Waals surface area contributed by atoms with Gasteiger partial charge in [-0.3, -0.25) is 0 Å². The standard InChI is InChI=1S/C10H15S.3C4H9.Sn/c1-2-3-4-5-6-10-7-8-11-9-10;3*1-3-4-2;/h7-8H,2-6H2,1H3;3*1,3-4H2,2H3;. The Morgan fingerprint density at radius 2 is 1.25 bits per heavy atom. The van der Waals surface area contributed by atoms with Gasteiger partial charge in [0.25, 0.3) is 0 Å². The van der Waals surface area contributed by atoms with Crippen LogP contribution in [0.25, 0.3) is 0 Å². The van der Waals surface area contributed by atoms with Gasteiger partial charge in [0.05, 0.1) is 0 Å². The van der Waals surface area contributed by atoms with Crippen molar-refractivity contribution in [3.05, 3.63) is 17.0 Å². The van der Waals surface area contributed by atoms with Gasteiger partial charge in [-0.2, -0.15) is 0 Å². The number of aryl methyl sites for hydroxylation is 1. The Hall–Kier alpha value is 0.499. The van der Waals surface area contributed by atoms with Crippen molar-refractivity contribution < 1.29 is 0 Å². The zero-order valence-electron chi connectivity index (χ0n) is 17.0. The van der Waals surface area contributed by atoms with Crippen molar-refractivity contribution in [3.8, 4) is 0 Å². The van der Waals surface area contributed by atoms with Crippen molar-refractivity contribution in [3.63, 3.8) is 0 Å². The molecule has 0 spiro atoms. The molecule has 0 amide bonds. The minimum atomic E-state index is -2.18. The monoisotopic (exact) mass is 458 g/mol. The Labute approximate surface area is 160 Å². The molecule has 0 saturated carbocycles. The third kappa shape index (κ3) is 7.40. The molecule has 0 bridgehead atoms. The Morgan fingerprint density at radius 3 is 1.75 bits per heavy atom. The maximum absolute atomic E-state index is 2.50. The van der Waals surface area contributed by atoms with Gasteiger partial charge in [0.2, 0.25) is 0 Å². The summed E-state index contributed by atoms with van der Waals surface area (Å²) in [6, 6.07) is 2.50. The fraction of sp³-hybridized carbons (Fsp3) is 0.818. The fourth-order valence-electron chi connectivity index (χ4n) is 4.00. The molecule has 1 aromatic rings. The van der Waals surface area contributed by atoms with Crippen LogP contribution < -0.4 is 2.89 Å². The number of rotatable bonds is 15. The molecule has 2 heteroatoms. The molecule has 0 fully saturated rings. The van der Waals surface area contributed by atoms with Crippen LogP contribution in [0.3, 0.4) is 0 Å². The van der Waals surface area contributed by atoms with Crippen LogP contribution in [0.4, 0.5) is 0 Å². The van der Waals surface area contributed by atoms with E-state index in [1.807, 2.05) is 2.89 Å². The summed E-state index contributed by atoms with van der Waals surface area (Å²) in [5, 5.41) is 2.43. The third-order valence-electron chi connectivity index (χ3n) is 5.55. The van der Waals surface area contributed by atoms with E-state index in [2.05, 4.69) is 50.5 Å². The molecule has 1 heterocycles. The van der Waals surface area contributed by atoms with Crippen LogP contribution in [0.2, 0.25) is 13.3 Å². The van der Waals surface area contributed by atoms with Gasteiger partial charge in [0.1, 0.15) is 0 Å². The topological polar surface area (TPSA) is 0 Å². The molecule has 0 saturated heterocycles. The van der Waals surface area contributed by atoms with Gasteiger partial charge < -0.3 is 0 Å². The quantitative estimate of drug-likeness (QED) is 0.185. The molecule has 0 aromatic carbocycles. The van der Waals surface area contributed by atoms with E-state index in [1.54, 1.807) is 18.9 Å². The molecule has 0 aliphatic carbocycles. The first kappa shape index (κ1) is 22.5. The maximum atomic E-state index is 2.50. The Morgan fingerprint density at radius 1 is 0.708 bits per heavy atom. The van der Waals surface area contributed by atoms with Gasteiger partial charge >= 0.3 is 161 Å². The predicted octanol–water partition coefficient (Wildman–Crippen LogP) is 7.93. The van der Waals surface area contributed by atoms with E-state index in [-0.39, 0.29) is 0 Å². The van der Waals surface area contributed by atoms with E-state index in [1.165, 1.54) is 70.6 Å². The van der Waals surface area contributed by atoms with Gasteiger partial charge in [-0.15, -0.1) is 0 Å². The summed E-state index contributed by atoms with van der Waals surface area (Å²) in [4.78, 5) is 0. The molecular weight excluding hydrogens is 415 g/mol. The van der Waals surface area contributed by atoms with Crippen molar-refractivity contribution in [1.29, 1.82) is 0 Å². The molecule has 0 radical (unpaired) electrons. The second-order valence-electron chi connectivity index (χ2n) is 7.68. The summed E-state index contributed by atoms with van der Waals surface area (Å²) >= 11 is -0.0127. The van der Waals surface area contributed by atoms with E-state index in [0.717, 1.165) is 0 Å². The van der Waals surface area contributed by atoms with Crippen molar-refractivity contribution >= 4 is 32.6 Å². The summed E-state index contributed by atoms with van der Waals surface area (Å²) < 4.78 is 6.84. The first-order chi connectivity index (χ1) is 11.7. The summed E-state index contributed by atoms with van der Waals surface area (Å²) in [6.45, 7) is 9.47. The molecule has 1 rings (SSSR count). The first-order valence-electron chi connectivity index (χ1n) is 10.8. The van der Waals surface area contributed by atoms with Crippen LogP contribution in [0.15, 0.2) is 11.4 Å². The van der Waals surface area contributed by atoms with E-state index in [0.29, 0.717) is 0 Å². The fourth-order valence-corrected chi connectivity index (χ4v) is 25.2. The average Bonchev–Trinajstić information content (AvgIpc) is 3.07. The van der Waals surface area contributed by atoms with Gasteiger partial charge in [0, 0.05) is 0 Å². The molecule has 24 heavy (non-hydrogen) atoms. The van der Waals surface area contributed by atoms with Crippen molar-refractivity contribution in [2.24, 2.45) is 0 Å². The third-order valence-corrected chi connectivity index (χ3v) is 25.1. The zero-order valence-corrected chi connectivity index (χ0v) is 20.6. The van der Waals surface area contributed by atoms with Crippen LogP contribution in [0.1, 0.15) is 97.5 Å². The first-order valence-corrected chi connectivity index (χ1v) is 19.2. The second kappa shape index (κ2) is 13.7. The molecule has 0 nitrogen and oxygen atoms in total. The Balaban J connectivity index is 2.95. The van der Waals surface area contributed by atoms with Gasteiger partial charge in [0.15, 0.2) is 0 Å². The van der Waals surface area contributed by atoms with E-state index in [9.17, 15) is 0 Å². The Bertz CT molecular complexity index is 388. The van der Waals surface area contributed by atoms with Gasteiger partial charge in [-0.25, -0.2) is 0 Å². The summed E-state index contributed by atoms with van der Waals surface area (Å²) in [5.41, 5.74) is 1.79. The minimum absolute atomic E-state index is 1.35. The molecule has 1 aromatic heterocycles. The zero-order chi connectivity index (χ0) is 17.7. The molecule has 0 aliphatic heterocycles. The van der Waals surface area contributed by atoms with Crippen LogP contribution in [-0.4, -0.2) is 18.4 Å². The summed E-state index contributed by atoms with van der Waals surface area (Å²) in [6.07, 6.45) is 15.6. The van der Waals surface area contributed by atoms with E-state index >= 15 is 0 Å². The van der Waals surface area contributed by atoms with Crippen LogP contribution in [-0.2, 0) is 6.42 Å².